The van der Waals surface area contributed by atoms with Gasteiger partial charge < -0.3 is 10.5 Å². The van der Waals surface area contributed by atoms with Crippen LogP contribution in [0.4, 0.5) is 5.69 Å². The van der Waals surface area contributed by atoms with Crippen LogP contribution in [0.3, 0.4) is 0 Å². The Morgan fingerprint density at radius 2 is 2.07 bits per heavy atom. The summed E-state index contributed by atoms with van der Waals surface area (Å²) in [4.78, 5) is 0. The van der Waals surface area contributed by atoms with Gasteiger partial charge in [-0.3, -0.25) is 0 Å². The molecule has 1 aromatic rings. The lowest BCUT2D eigenvalue weighted by Gasteiger charge is -2.10. The second-order valence-electron chi connectivity index (χ2n) is 3.63. The maximum atomic E-state index is 5.78. The van der Waals surface area contributed by atoms with E-state index in [1.807, 2.05) is 26.0 Å². The first-order valence-corrected chi connectivity index (χ1v) is 5.08. The fourth-order valence-corrected chi connectivity index (χ4v) is 1.32. The molecule has 1 rings (SSSR count). The Morgan fingerprint density at radius 1 is 1.33 bits per heavy atom. The molecular weight excluding hydrogens is 186 g/mol. The maximum Gasteiger partial charge on any atom is 0.122 e. The van der Waals surface area contributed by atoms with Gasteiger partial charge in [-0.05, 0) is 43.5 Å². The first-order chi connectivity index (χ1) is 7.15. The van der Waals surface area contributed by atoms with E-state index in [1.165, 1.54) is 0 Å². The van der Waals surface area contributed by atoms with Gasteiger partial charge in [-0.2, -0.15) is 0 Å². The van der Waals surface area contributed by atoms with Crippen molar-refractivity contribution in [3.8, 4) is 18.1 Å². The van der Waals surface area contributed by atoms with E-state index in [9.17, 15) is 0 Å². The number of terminal acetylenes is 1. The molecule has 80 valence electrons. The van der Waals surface area contributed by atoms with E-state index >= 15 is 0 Å². The molecule has 1 aromatic carbocycles. The van der Waals surface area contributed by atoms with Crippen LogP contribution in [0.2, 0.25) is 0 Å². The molecule has 0 aliphatic carbocycles. The van der Waals surface area contributed by atoms with E-state index in [2.05, 4.69) is 5.92 Å². The summed E-state index contributed by atoms with van der Waals surface area (Å²) in [5, 5.41) is 0. The van der Waals surface area contributed by atoms with Crippen LogP contribution in [-0.4, -0.2) is 6.61 Å². The first-order valence-electron chi connectivity index (χ1n) is 5.08. The van der Waals surface area contributed by atoms with Crippen molar-refractivity contribution in [2.75, 3.05) is 12.3 Å². The standard InChI is InChI=1S/C13H17NO/c1-4-5-6-7-15-13-9-10(2)12(14)8-11(13)3/h1,8-9H,5-7,14H2,2-3H3. The van der Waals surface area contributed by atoms with Gasteiger partial charge in [-0.25, -0.2) is 0 Å². The minimum absolute atomic E-state index is 0.661. The van der Waals surface area contributed by atoms with Crippen molar-refractivity contribution in [1.82, 2.24) is 0 Å². The summed E-state index contributed by atoms with van der Waals surface area (Å²) in [5.41, 5.74) is 8.71. The van der Waals surface area contributed by atoms with E-state index in [1.54, 1.807) is 0 Å². The highest BCUT2D eigenvalue weighted by molar-refractivity contribution is 5.53. The predicted octanol–water partition coefficient (Wildman–Crippen LogP) is 2.68. The summed E-state index contributed by atoms with van der Waals surface area (Å²) in [5.74, 6) is 3.49. The quantitative estimate of drug-likeness (QED) is 0.464. The van der Waals surface area contributed by atoms with Gasteiger partial charge in [0.1, 0.15) is 5.75 Å². The van der Waals surface area contributed by atoms with Crippen LogP contribution in [0.25, 0.3) is 0 Å². The van der Waals surface area contributed by atoms with Crippen molar-refractivity contribution in [2.45, 2.75) is 26.7 Å². The largest absolute Gasteiger partial charge is 0.493 e. The molecule has 15 heavy (non-hydrogen) atoms. The molecule has 2 N–H and O–H groups in total. The number of ether oxygens (including phenoxy) is 1. The highest BCUT2D eigenvalue weighted by atomic mass is 16.5. The molecule has 0 aliphatic heterocycles. The topological polar surface area (TPSA) is 35.2 Å². The molecule has 0 atom stereocenters. The third-order valence-electron chi connectivity index (χ3n) is 2.29. The molecule has 0 radical (unpaired) electrons. The molecule has 0 saturated carbocycles. The third kappa shape index (κ3) is 3.21. The molecule has 0 amide bonds. The monoisotopic (exact) mass is 203 g/mol. The van der Waals surface area contributed by atoms with E-state index < -0.39 is 0 Å². The SMILES string of the molecule is C#CCCCOc1cc(C)c(N)cc1C. The van der Waals surface area contributed by atoms with Crippen molar-refractivity contribution in [1.29, 1.82) is 0 Å². The van der Waals surface area contributed by atoms with Crippen LogP contribution in [0.15, 0.2) is 12.1 Å². The minimum Gasteiger partial charge on any atom is -0.493 e. The van der Waals surface area contributed by atoms with Gasteiger partial charge >= 0.3 is 0 Å². The summed E-state index contributed by atoms with van der Waals surface area (Å²) in [6.07, 6.45) is 6.80. The lowest BCUT2D eigenvalue weighted by molar-refractivity contribution is 0.311. The average Bonchev–Trinajstić information content (AvgIpc) is 2.20. The molecule has 2 heteroatoms. The van der Waals surface area contributed by atoms with Gasteiger partial charge in [-0.1, -0.05) is 0 Å². The highest BCUT2D eigenvalue weighted by Crippen LogP contribution is 2.24. The van der Waals surface area contributed by atoms with Crippen molar-refractivity contribution < 1.29 is 4.74 Å². The number of nitrogens with two attached hydrogens (primary N) is 1. The van der Waals surface area contributed by atoms with Crippen molar-refractivity contribution >= 4 is 5.69 Å². The number of hydrogen-bond donors (Lipinski definition) is 1. The number of rotatable bonds is 4. The van der Waals surface area contributed by atoms with Crippen LogP contribution in [0.1, 0.15) is 24.0 Å². The van der Waals surface area contributed by atoms with Gasteiger partial charge in [-0.15, -0.1) is 12.3 Å². The Bertz CT molecular complexity index is 377. The Balaban J connectivity index is 2.62. The molecule has 0 saturated heterocycles. The summed E-state index contributed by atoms with van der Waals surface area (Å²) in [7, 11) is 0. The second kappa shape index (κ2) is 5.31. The molecule has 0 unspecified atom stereocenters. The number of anilines is 1. The molecule has 0 aromatic heterocycles. The van der Waals surface area contributed by atoms with Gasteiger partial charge in [0.15, 0.2) is 0 Å². The summed E-state index contributed by atoms with van der Waals surface area (Å²) in [6, 6.07) is 3.91. The minimum atomic E-state index is 0.661. The van der Waals surface area contributed by atoms with E-state index in [-0.39, 0.29) is 0 Å². The summed E-state index contributed by atoms with van der Waals surface area (Å²) in [6.45, 7) is 4.63. The van der Waals surface area contributed by atoms with E-state index in [0.29, 0.717) is 6.61 Å². The average molecular weight is 203 g/mol. The Labute approximate surface area is 91.4 Å². The molecule has 2 nitrogen and oxygen atoms in total. The van der Waals surface area contributed by atoms with Crippen LogP contribution in [0, 0.1) is 26.2 Å². The normalized spacial score (nSPS) is 9.67. The zero-order valence-corrected chi connectivity index (χ0v) is 9.34. The van der Waals surface area contributed by atoms with E-state index in [4.69, 9.17) is 16.9 Å². The third-order valence-corrected chi connectivity index (χ3v) is 2.29. The molecule has 0 bridgehead atoms. The summed E-state index contributed by atoms with van der Waals surface area (Å²) >= 11 is 0. The molecular formula is C13H17NO. The number of nitrogen functional groups attached to an aromatic ring is 1. The van der Waals surface area contributed by atoms with Gasteiger partial charge in [0.25, 0.3) is 0 Å². The van der Waals surface area contributed by atoms with E-state index in [0.717, 1.165) is 35.4 Å². The van der Waals surface area contributed by atoms with Crippen LogP contribution in [0.5, 0.6) is 5.75 Å². The molecule has 0 spiro atoms. The molecule has 0 heterocycles. The fourth-order valence-electron chi connectivity index (χ4n) is 1.32. The Hall–Kier alpha value is -1.62. The zero-order chi connectivity index (χ0) is 11.3. The lowest BCUT2D eigenvalue weighted by Crippen LogP contribution is -2.00. The molecule has 0 fully saturated rings. The van der Waals surface area contributed by atoms with Gasteiger partial charge in [0.2, 0.25) is 0 Å². The van der Waals surface area contributed by atoms with Gasteiger partial charge in [0, 0.05) is 12.1 Å². The van der Waals surface area contributed by atoms with Gasteiger partial charge in [0.05, 0.1) is 6.61 Å². The molecule has 0 aliphatic rings. The van der Waals surface area contributed by atoms with Crippen LogP contribution < -0.4 is 10.5 Å². The number of hydrogen-bond acceptors (Lipinski definition) is 2. The maximum absolute atomic E-state index is 5.78. The fraction of sp³-hybridized carbons (Fsp3) is 0.385. The zero-order valence-electron chi connectivity index (χ0n) is 9.34. The summed E-state index contributed by atoms with van der Waals surface area (Å²) < 4.78 is 5.62. The first kappa shape index (κ1) is 11.5. The second-order valence-corrected chi connectivity index (χ2v) is 3.63. The predicted molar refractivity (Wildman–Crippen MR) is 63.9 cm³/mol. The lowest BCUT2D eigenvalue weighted by atomic mass is 10.1. The van der Waals surface area contributed by atoms with Crippen molar-refractivity contribution in [3.05, 3.63) is 23.3 Å². The number of unbranched alkanes of at least 4 members (excludes halogenated alkanes) is 1. The number of benzene rings is 1. The smallest absolute Gasteiger partial charge is 0.122 e. The Morgan fingerprint density at radius 3 is 2.73 bits per heavy atom. The number of aryl methyl sites for hydroxylation is 2. The van der Waals surface area contributed by atoms with Crippen molar-refractivity contribution in [3.63, 3.8) is 0 Å². The van der Waals surface area contributed by atoms with Crippen LogP contribution in [-0.2, 0) is 0 Å². The van der Waals surface area contributed by atoms with Crippen LogP contribution >= 0.6 is 0 Å². The Kier molecular flexibility index (Phi) is 4.05. The van der Waals surface area contributed by atoms with Crippen molar-refractivity contribution in [2.24, 2.45) is 0 Å². The highest BCUT2D eigenvalue weighted by Gasteiger charge is 2.02.